The van der Waals surface area contributed by atoms with Crippen LogP contribution in [0.15, 0.2) is 78.5 Å². The number of hydrogen-bond acceptors (Lipinski definition) is 4. The number of hydrogen-bond donors (Lipinski definition) is 1. The predicted molar refractivity (Wildman–Crippen MR) is 134 cm³/mol. The molecule has 0 atom stereocenters. The number of nitrogens with zero attached hydrogens (tertiary/aromatic N) is 2. The number of anilines is 3. The van der Waals surface area contributed by atoms with Crippen LogP contribution >= 0.6 is 11.6 Å². The predicted octanol–water partition coefficient (Wildman–Crippen LogP) is 5.65. The third kappa shape index (κ3) is 4.12. The third-order valence-electron chi connectivity index (χ3n) is 6.10. The lowest BCUT2D eigenvalue weighted by molar-refractivity contribution is -0.120. The molecule has 1 fully saturated rings. The zero-order chi connectivity index (χ0) is 22.9. The van der Waals surface area contributed by atoms with Gasteiger partial charge in [-0.15, -0.1) is 0 Å². The van der Waals surface area contributed by atoms with Crippen molar-refractivity contribution in [3.05, 3.63) is 94.6 Å². The highest BCUT2D eigenvalue weighted by molar-refractivity contribution is 6.46. The average molecular weight is 458 g/mol. The minimum atomic E-state index is -0.401. The first-order chi connectivity index (χ1) is 16.0. The zero-order valence-corrected chi connectivity index (χ0v) is 19.1. The summed E-state index contributed by atoms with van der Waals surface area (Å²) in [7, 11) is 0. The van der Waals surface area contributed by atoms with Gasteiger partial charge < -0.3 is 10.2 Å². The van der Waals surface area contributed by atoms with Gasteiger partial charge in [-0.25, -0.2) is 4.90 Å². The molecule has 6 heteroatoms. The number of benzene rings is 3. The van der Waals surface area contributed by atoms with E-state index in [4.69, 9.17) is 11.6 Å². The number of imide groups is 1. The van der Waals surface area contributed by atoms with E-state index in [1.165, 1.54) is 23.4 Å². The lowest BCUT2D eigenvalue weighted by atomic mass is 10.0. The summed E-state index contributed by atoms with van der Waals surface area (Å²) in [5.41, 5.74) is 4.76. The first-order valence-corrected chi connectivity index (χ1v) is 11.5. The van der Waals surface area contributed by atoms with Crippen LogP contribution in [-0.4, -0.2) is 24.9 Å². The Bertz CT molecular complexity index is 1240. The van der Waals surface area contributed by atoms with Gasteiger partial charge in [-0.2, -0.15) is 0 Å². The zero-order valence-electron chi connectivity index (χ0n) is 18.3. The summed E-state index contributed by atoms with van der Waals surface area (Å²) < 4.78 is 0. The molecule has 0 aliphatic carbocycles. The fourth-order valence-electron chi connectivity index (χ4n) is 4.36. The summed E-state index contributed by atoms with van der Waals surface area (Å²) in [6.07, 6.45) is 2.42. The van der Waals surface area contributed by atoms with E-state index in [2.05, 4.69) is 22.3 Å². The van der Waals surface area contributed by atoms with Crippen molar-refractivity contribution >= 4 is 46.1 Å². The fourth-order valence-corrected chi connectivity index (χ4v) is 4.54. The van der Waals surface area contributed by atoms with E-state index in [-0.39, 0.29) is 11.6 Å². The van der Waals surface area contributed by atoms with E-state index in [0.717, 1.165) is 24.3 Å². The molecule has 5 rings (SSSR count). The van der Waals surface area contributed by atoms with E-state index in [1.807, 2.05) is 43.3 Å². The van der Waals surface area contributed by atoms with E-state index in [0.29, 0.717) is 21.8 Å². The van der Waals surface area contributed by atoms with Gasteiger partial charge in [0.15, 0.2) is 0 Å². The first kappa shape index (κ1) is 21.3. The van der Waals surface area contributed by atoms with Crippen LogP contribution in [0, 0.1) is 6.92 Å². The van der Waals surface area contributed by atoms with Crippen molar-refractivity contribution in [1.82, 2.24) is 0 Å². The van der Waals surface area contributed by atoms with Crippen LogP contribution in [-0.2, 0) is 9.59 Å². The molecule has 3 aromatic carbocycles. The molecule has 0 aromatic heterocycles. The molecule has 2 aliphatic rings. The first-order valence-electron chi connectivity index (χ1n) is 11.1. The van der Waals surface area contributed by atoms with Crippen molar-refractivity contribution in [1.29, 1.82) is 0 Å². The van der Waals surface area contributed by atoms with Gasteiger partial charge in [-0.3, -0.25) is 9.59 Å². The smallest absolute Gasteiger partial charge is 0.282 e. The van der Waals surface area contributed by atoms with Crippen molar-refractivity contribution in [2.75, 3.05) is 28.2 Å². The summed E-state index contributed by atoms with van der Waals surface area (Å²) in [6.45, 7) is 4.12. The Morgan fingerprint density at radius 1 is 0.818 bits per heavy atom. The Morgan fingerprint density at radius 2 is 1.52 bits per heavy atom. The minimum Gasteiger partial charge on any atom is -0.372 e. The van der Waals surface area contributed by atoms with Crippen LogP contribution in [0.25, 0.3) is 5.57 Å². The summed E-state index contributed by atoms with van der Waals surface area (Å²) in [6, 6.07) is 22.4. The molecule has 0 unspecified atom stereocenters. The van der Waals surface area contributed by atoms with Gasteiger partial charge in [0.05, 0.1) is 11.3 Å². The molecule has 3 aromatic rings. The Balaban J connectivity index is 1.52. The topological polar surface area (TPSA) is 52.7 Å². The van der Waals surface area contributed by atoms with Crippen molar-refractivity contribution in [3.63, 3.8) is 0 Å². The molecule has 0 spiro atoms. The second kappa shape index (κ2) is 8.75. The van der Waals surface area contributed by atoms with Crippen LogP contribution in [0.5, 0.6) is 0 Å². The number of aryl methyl sites for hydroxylation is 1. The van der Waals surface area contributed by atoms with Crippen LogP contribution < -0.4 is 15.1 Å². The van der Waals surface area contributed by atoms with Crippen LogP contribution in [0.3, 0.4) is 0 Å². The third-order valence-corrected chi connectivity index (χ3v) is 6.33. The maximum absolute atomic E-state index is 13.5. The molecule has 0 bridgehead atoms. The van der Waals surface area contributed by atoms with E-state index >= 15 is 0 Å². The second-order valence-electron chi connectivity index (χ2n) is 8.41. The normalized spacial score (nSPS) is 16.2. The monoisotopic (exact) mass is 457 g/mol. The Hall–Kier alpha value is -3.57. The van der Waals surface area contributed by atoms with E-state index < -0.39 is 5.91 Å². The summed E-state index contributed by atoms with van der Waals surface area (Å²) >= 11 is 6.14. The van der Waals surface area contributed by atoms with E-state index in [1.54, 1.807) is 24.3 Å². The van der Waals surface area contributed by atoms with Crippen molar-refractivity contribution < 1.29 is 9.59 Å². The molecular weight excluding hydrogens is 434 g/mol. The van der Waals surface area contributed by atoms with Crippen LogP contribution in [0.2, 0.25) is 5.02 Å². The SMILES string of the molecule is Cc1ccc(C2=C(Nc3ccc(N4CCCC4)cc3)C(=O)N(c3cccc(Cl)c3)C2=O)cc1. The van der Waals surface area contributed by atoms with Gasteiger partial charge in [0.2, 0.25) is 0 Å². The van der Waals surface area contributed by atoms with Gasteiger partial charge in [0, 0.05) is 29.5 Å². The average Bonchev–Trinajstić information content (AvgIpc) is 3.43. The minimum absolute atomic E-state index is 0.262. The van der Waals surface area contributed by atoms with E-state index in [9.17, 15) is 9.59 Å². The lowest BCUT2D eigenvalue weighted by Crippen LogP contribution is -2.32. The maximum Gasteiger partial charge on any atom is 0.282 e. The quantitative estimate of drug-likeness (QED) is 0.503. The second-order valence-corrected chi connectivity index (χ2v) is 8.84. The highest BCUT2D eigenvalue weighted by Gasteiger charge is 2.40. The van der Waals surface area contributed by atoms with Gasteiger partial charge in [0.1, 0.15) is 5.70 Å². The molecule has 2 amide bonds. The van der Waals surface area contributed by atoms with Crippen LogP contribution in [0.4, 0.5) is 17.1 Å². The van der Waals surface area contributed by atoms with Gasteiger partial charge >= 0.3 is 0 Å². The largest absolute Gasteiger partial charge is 0.372 e. The molecule has 2 aliphatic heterocycles. The molecule has 5 nitrogen and oxygen atoms in total. The Morgan fingerprint density at radius 3 is 2.18 bits per heavy atom. The van der Waals surface area contributed by atoms with Gasteiger partial charge in [-0.1, -0.05) is 47.5 Å². The Labute approximate surface area is 198 Å². The number of carbonyl (C=O) groups is 2. The molecule has 2 heterocycles. The van der Waals surface area contributed by atoms with Crippen molar-refractivity contribution in [3.8, 4) is 0 Å². The van der Waals surface area contributed by atoms with Crippen molar-refractivity contribution in [2.24, 2.45) is 0 Å². The molecule has 0 saturated carbocycles. The van der Waals surface area contributed by atoms with Gasteiger partial charge in [-0.05, 0) is 67.8 Å². The van der Waals surface area contributed by atoms with Crippen molar-refractivity contribution in [2.45, 2.75) is 19.8 Å². The lowest BCUT2D eigenvalue weighted by Gasteiger charge is -2.18. The van der Waals surface area contributed by atoms with Crippen LogP contribution in [0.1, 0.15) is 24.0 Å². The molecule has 1 N–H and O–H groups in total. The molecule has 166 valence electrons. The molecular formula is C27H24ClN3O2. The summed E-state index contributed by atoms with van der Waals surface area (Å²) in [5, 5.41) is 3.69. The fraction of sp³-hybridized carbons (Fsp3) is 0.185. The molecule has 0 radical (unpaired) electrons. The molecule has 1 saturated heterocycles. The number of halogens is 1. The summed E-state index contributed by atoms with van der Waals surface area (Å²) in [4.78, 5) is 30.5. The number of nitrogens with one attached hydrogen (secondary N) is 1. The maximum atomic E-state index is 13.5. The number of amides is 2. The highest BCUT2D eigenvalue weighted by Crippen LogP contribution is 2.35. The highest BCUT2D eigenvalue weighted by atomic mass is 35.5. The van der Waals surface area contributed by atoms with Gasteiger partial charge in [0.25, 0.3) is 11.8 Å². The Kier molecular flexibility index (Phi) is 5.65. The standard InChI is InChI=1S/C27H24ClN3O2/c1-18-7-9-19(10-8-18)24-25(27(33)31(26(24)32)23-6-4-5-20(28)17-23)29-21-11-13-22(14-12-21)30-15-2-3-16-30/h4-14,17,29H,2-3,15-16H2,1H3. The number of carbonyl (C=O) groups excluding carboxylic acids is 2. The molecule has 33 heavy (non-hydrogen) atoms. The summed E-state index contributed by atoms with van der Waals surface area (Å²) in [5.74, 6) is -0.774. The number of rotatable bonds is 5.